The molecule has 0 saturated carbocycles. The van der Waals surface area contributed by atoms with Crippen LogP contribution in [0.5, 0.6) is 11.5 Å². The molecule has 0 bridgehead atoms. The number of nitrogens with zero attached hydrogens (tertiary/aromatic N) is 1. The van der Waals surface area contributed by atoms with Gasteiger partial charge in [0.2, 0.25) is 0 Å². The molecule has 4 rings (SSSR count). The van der Waals surface area contributed by atoms with E-state index in [9.17, 15) is 4.79 Å². The predicted molar refractivity (Wildman–Crippen MR) is 150 cm³/mol. The normalized spacial score (nSPS) is 15.7. The van der Waals surface area contributed by atoms with Crippen molar-refractivity contribution in [3.05, 3.63) is 63.9 Å². The molecule has 0 fully saturated rings. The van der Waals surface area contributed by atoms with Crippen LogP contribution in [0.1, 0.15) is 80.1 Å². The van der Waals surface area contributed by atoms with Gasteiger partial charge in [0.05, 0.1) is 31.1 Å². The lowest BCUT2D eigenvalue weighted by molar-refractivity contribution is 0.0947. The zero-order valence-corrected chi connectivity index (χ0v) is 23.5. The third-order valence-electron chi connectivity index (χ3n) is 6.66. The van der Waals surface area contributed by atoms with Gasteiger partial charge >= 0.3 is 0 Å². The van der Waals surface area contributed by atoms with Crippen LogP contribution < -0.4 is 14.8 Å². The van der Waals surface area contributed by atoms with Gasteiger partial charge in [-0.25, -0.2) is 4.99 Å². The van der Waals surface area contributed by atoms with Crippen molar-refractivity contribution in [2.75, 3.05) is 6.61 Å². The van der Waals surface area contributed by atoms with Gasteiger partial charge in [-0.3, -0.25) is 4.79 Å². The molecule has 1 aromatic carbocycles. The number of benzene rings is 1. The van der Waals surface area contributed by atoms with E-state index in [1.165, 1.54) is 4.88 Å². The highest BCUT2D eigenvalue weighted by Crippen LogP contribution is 2.45. The predicted octanol–water partition coefficient (Wildman–Crippen LogP) is 7.36. The van der Waals surface area contributed by atoms with Crippen molar-refractivity contribution >= 4 is 28.5 Å². The number of thiophene rings is 1. The molecule has 2 aromatic heterocycles. The van der Waals surface area contributed by atoms with E-state index in [0.717, 1.165) is 41.2 Å². The first-order valence-electron chi connectivity index (χ1n) is 13.1. The van der Waals surface area contributed by atoms with Crippen molar-refractivity contribution < 1.29 is 18.7 Å². The monoisotopic (exact) mass is 522 g/mol. The SMILES string of the molecule is CCOc1cc(C=Nc2sc3c(c2C(=O)NCc2ccco2)CC[C@H](C(C)(C)C)C3)ccc1OC(C)C. The minimum atomic E-state index is -0.106. The van der Waals surface area contributed by atoms with E-state index >= 15 is 0 Å². The summed E-state index contributed by atoms with van der Waals surface area (Å²) in [5.41, 5.74) is 2.95. The average molecular weight is 523 g/mol. The maximum Gasteiger partial charge on any atom is 0.255 e. The van der Waals surface area contributed by atoms with Crippen LogP contribution >= 0.6 is 11.3 Å². The van der Waals surface area contributed by atoms with E-state index < -0.39 is 0 Å². The molecule has 2 heterocycles. The molecular weight excluding hydrogens is 484 g/mol. The minimum absolute atomic E-state index is 0.0512. The van der Waals surface area contributed by atoms with E-state index in [2.05, 4.69) is 26.1 Å². The molecular formula is C30H38N2O4S. The molecule has 37 heavy (non-hydrogen) atoms. The van der Waals surface area contributed by atoms with Gasteiger partial charge in [0.1, 0.15) is 10.8 Å². The van der Waals surface area contributed by atoms with Crippen molar-refractivity contribution in [1.82, 2.24) is 5.32 Å². The second-order valence-corrected chi connectivity index (χ2v) is 11.9. The van der Waals surface area contributed by atoms with E-state index in [-0.39, 0.29) is 17.4 Å². The molecule has 0 aliphatic heterocycles. The molecule has 0 spiro atoms. The summed E-state index contributed by atoms with van der Waals surface area (Å²) in [6.07, 6.45) is 6.42. The Balaban J connectivity index is 1.64. The van der Waals surface area contributed by atoms with Crippen molar-refractivity contribution in [2.24, 2.45) is 16.3 Å². The summed E-state index contributed by atoms with van der Waals surface area (Å²) in [6, 6.07) is 9.49. The van der Waals surface area contributed by atoms with Crippen LogP contribution in [0.15, 0.2) is 46.0 Å². The topological polar surface area (TPSA) is 73.1 Å². The third kappa shape index (κ3) is 6.63. The van der Waals surface area contributed by atoms with Crippen LogP contribution in [-0.2, 0) is 19.4 Å². The van der Waals surface area contributed by atoms with Gasteiger partial charge < -0.3 is 19.2 Å². The number of hydrogen-bond donors (Lipinski definition) is 1. The second-order valence-electron chi connectivity index (χ2n) is 10.8. The molecule has 1 amide bonds. The molecule has 1 aliphatic rings. The number of fused-ring (bicyclic) bond motifs is 1. The number of hydrogen-bond acceptors (Lipinski definition) is 6. The first-order chi connectivity index (χ1) is 17.7. The number of amides is 1. The van der Waals surface area contributed by atoms with Crippen molar-refractivity contribution in [3.8, 4) is 11.5 Å². The Labute approximate surface area is 224 Å². The third-order valence-corrected chi connectivity index (χ3v) is 7.83. The highest BCUT2D eigenvalue weighted by atomic mass is 32.1. The van der Waals surface area contributed by atoms with Crippen molar-refractivity contribution in [1.29, 1.82) is 0 Å². The molecule has 0 saturated heterocycles. The number of carbonyl (C=O) groups is 1. The van der Waals surface area contributed by atoms with Crippen molar-refractivity contribution in [2.45, 2.75) is 73.5 Å². The summed E-state index contributed by atoms with van der Waals surface area (Å²) in [4.78, 5) is 19.5. The summed E-state index contributed by atoms with van der Waals surface area (Å²) in [7, 11) is 0. The molecule has 3 aromatic rings. The maximum atomic E-state index is 13.4. The number of furan rings is 1. The number of rotatable bonds is 9. The minimum Gasteiger partial charge on any atom is -0.490 e. The smallest absolute Gasteiger partial charge is 0.255 e. The van der Waals surface area contributed by atoms with Crippen LogP contribution in [0.2, 0.25) is 0 Å². The Bertz CT molecular complexity index is 1240. The van der Waals surface area contributed by atoms with Crippen LogP contribution in [0.3, 0.4) is 0 Å². The first kappa shape index (κ1) is 27.0. The summed E-state index contributed by atoms with van der Waals surface area (Å²) >= 11 is 1.64. The lowest BCUT2D eigenvalue weighted by Gasteiger charge is -2.33. The highest BCUT2D eigenvalue weighted by Gasteiger charge is 2.33. The van der Waals surface area contributed by atoms with Gasteiger partial charge in [-0.05, 0) is 92.8 Å². The van der Waals surface area contributed by atoms with Crippen LogP contribution in [0.25, 0.3) is 0 Å². The Morgan fingerprint density at radius 1 is 1.27 bits per heavy atom. The Morgan fingerprint density at radius 3 is 2.76 bits per heavy atom. The molecule has 1 atom stereocenters. The summed E-state index contributed by atoms with van der Waals surface area (Å²) in [5, 5.41) is 3.78. The van der Waals surface area contributed by atoms with E-state index in [4.69, 9.17) is 18.9 Å². The van der Waals surface area contributed by atoms with Gasteiger partial charge in [-0.2, -0.15) is 0 Å². The number of nitrogens with one attached hydrogen (secondary N) is 1. The standard InChI is InChI=1S/C30H38N2O4S/c1-7-34-25-15-20(10-13-24(25)36-19(2)3)17-32-29-27(28(33)31-18-22-9-8-14-35-22)23-12-11-21(30(4,5)6)16-26(23)37-29/h8-10,13-15,17,19,21H,7,11-12,16,18H2,1-6H3,(H,31,33)/t21-/m0/s1. The fourth-order valence-corrected chi connectivity index (χ4v) is 5.93. The molecule has 1 N–H and O–H groups in total. The summed E-state index contributed by atoms with van der Waals surface area (Å²) < 4.78 is 17.1. The lowest BCUT2D eigenvalue weighted by atomic mass is 9.72. The van der Waals surface area contributed by atoms with E-state index in [1.54, 1.807) is 17.6 Å². The maximum absolute atomic E-state index is 13.4. The van der Waals surface area contributed by atoms with Gasteiger partial charge in [0.25, 0.3) is 5.91 Å². The Morgan fingerprint density at radius 2 is 2.08 bits per heavy atom. The Hall–Kier alpha value is -3.06. The van der Waals surface area contributed by atoms with Gasteiger partial charge in [0.15, 0.2) is 11.5 Å². The van der Waals surface area contributed by atoms with Gasteiger partial charge in [-0.15, -0.1) is 11.3 Å². The van der Waals surface area contributed by atoms with Crippen LogP contribution in [0.4, 0.5) is 5.00 Å². The number of ether oxygens (including phenoxy) is 2. The Kier molecular flexibility index (Phi) is 8.42. The van der Waals surface area contributed by atoms with Gasteiger partial charge in [0, 0.05) is 11.1 Å². The average Bonchev–Trinajstić information content (AvgIpc) is 3.49. The molecule has 0 unspecified atom stereocenters. The fraction of sp³-hybridized carbons (Fsp3) is 0.467. The lowest BCUT2D eigenvalue weighted by Crippen LogP contribution is -2.28. The largest absolute Gasteiger partial charge is 0.490 e. The fourth-order valence-electron chi connectivity index (χ4n) is 4.66. The van der Waals surface area contributed by atoms with E-state index in [1.807, 2.05) is 57.3 Å². The number of aliphatic imine (C=N–C) groups is 1. The zero-order valence-electron chi connectivity index (χ0n) is 22.7. The zero-order chi connectivity index (χ0) is 26.6. The second kappa shape index (κ2) is 11.5. The van der Waals surface area contributed by atoms with Crippen LogP contribution in [-0.4, -0.2) is 24.8 Å². The molecule has 0 radical (unpaired) electrons. The molecule has 198 valence electrons. The van der Waals surface area contributed by atoms with E-state index in [0.29, 0.717) is 36.1 Å². The first-order valence-corrected chi connectivity index (χ1v) is 13.9. The van der Waals surface area contributed by atoms with Crippen LogP contribution in [0, 0.1) is 11.3 Å². The molecule has 6 nitrogen and oxygen atoms in total. The van der Waals surface area contributed by atoms with Gasteiger partial charge in [-0.1, -0.05) is 20.8 Å². The highest BCUT2D eigenvalue weighted by molar-refractivity contribution is 7.16. The number of carbonyl (C=O) groups excluding carboxylic acids is 1. The molecule has 1 aliphatic carbocycles. The van der Waals surface area contributed by atoms with Crippen molar-refractivity contribution in [3.63, 3.8) is 0 Å². The molecule has 7 heteroatoms. The summed E-state index contributed by atoms with van der Waals surface area (Å²) in [5.74, 6) is 2.60. The summed E-state index contributed by atoms with van der Waals surface area (Å²) in [6.45, 7) is 13.7. The quantitative estimate of drug-likeness (QED) is 0.298.